The number of halogens is 1. The first-order valence-electron chi connectivity index (χ1n) is 11.3. The van der Waals surface area contributed by atoms with E-state index in [-0.39, 0.29) is 48.1 Å². The van der Waals surface area contributed by atoms with Gasteiger partial charge < -0.3 is 25.0 Å². The lowest BCUT2D eigenvalue weighted by molar-refractivity contribution is -0.0817. The molecule has 3 rings (SSSR count). The van der Waals surface area contributed by atoms with Crippen LogP contribution in [0.15, 0.2) is 29.3 Å². The average molecular weight is 544 g/mol. The van der Waals surface area contributed by atoms with Crippen molar-refractivity contribution in [1.82, 2.24) is 15.5 Å². The van der Waals surface area contributed by atoms with E-state index in [9.17, 15) is 4.79 Å². The monoisotopic (exact) mass is 544 g/mol. The van der Waals surface area contributed by atoms with Crippen LogP contribution in [0.25, 0.3) is 0 Å². The summed E-state index contributed by atoms with van der Waals surface area (Å²) in [6.45, 7) is 10.6. The first kappa shape index (κ1) is 25.9. The maximum Gasteiger partial charge on any atom is 0.251 e. The largest absolute Gasteiger partial charge is 0.375 e. The molecule has 3 atom stereocenters. The first-order chi connectivity index (χ1) is 14.6. The van der Waals surface area contributed by atoms with E-state index in [1.807, 2.05) is 31.2 Å². The van der Waals surface area contributed by atoms with Gasteiger partial charge >= 0.3 is 0 Å². The summed E-state index contributed by atoms with van der Waals surface area (Å²) in [5.74, 6) is 0.855. The Morgan fingerprint density at radius 3 is 2.77 bits per heavy atom. The quantitative estimate of drug-likeness (QED) is 0.314. The first-order valence-corrected chi connectivity index (χ1v) is 11.3. The maximum atomic E-state index is 12.4. The Morgan fingerprint density at radius 2 is 2.06 bits per heavy atom. The van der Waals surface area contributed by atoms with Crippen molar-refractivity contribution in [2.45, 2.75) is 64.8 Å². The lowest BCUT2D eigenvalue weighted by Gasteiger charge is -2.37. The highest BCUT2D eigenvalue weighted by molar-refractivity contribution is 14.0. The van der Waals surface area contributed by atoms with Crippen LogP contribution in [-0.4, -0.2) is 67.9 Å². The number of hydrogen-bond acceptors (Lipinski definition) is 4. The van der Waals surface area contributed by atoms with Crippen molar-refractivity contribution in [3.05, 3.63) is 35.4 Å². The standard InChI is InChI=1S/C23H36N4O3.HI/c1-4-17(3)26-22(28)19-9-6-8-18(14-19)15-25-23(24-5-2)27-11-13-30-21(16-27)20-10-7-12-29-20;/h6,8-9,14,17,20-21H,4-5,7,10-13,15-16H2,1-3H3,(H,24,25)(H,26,28);1H. The minimum absolute atomic E-state index is 0. The minimum atomic E-state index is -0.0327. The molecular weight excluding hydrogens is 507 g/mol. The van der Waals surface area contributed by atoms with Gasteiger partial charge in [-0.2, -0.15) is 0 Å². The van der Waals surface area contributed by atoms with Gasteiger partial charge in [0, 0.05) is 37.8 Å². The van der Waals surface area contributed by atoms with Gasteiger partial charge in [0.25, 0.3) is 5.91 Å². The Hall–Kier alpha value is -1.39. The Balaban J connectivity index is 0.00000341. The van der Waals surface area contributed by atoms with E-state index in [0.29, 0.717) is 18.7 Å². The van der Waals surface area contributed by atoms with Gasteiger partial charge in [-0.25, -0.2) is 4.99 Å². The normalized spacial score (nSPS) is 22.5. The van der Waals surface area contributed by atoms with Crippen molar-refractivity contribution < 1.29 is 14.3 Å². The summed E-state index contributed by atoms with van der Waals surface area (Å²) in [6, 6.07) is 7.88. The number of nitrogens with zero attached hydrogens (tertiary/aromatic N) is 2. The smallest absolute Gasteiger partial charge is 0.251 e. The van der Waals surface area contributed by atoms with Crippen molar-refractivity contribution in [1.29, 1.82) is 0 Å². The van der Waals surface area contributed by atoms with E-state index >= 15 is 0 Å². The zero-order valence-electron chi connectivity index (χ0n) is 18.9. The molecule has 2 fully saturated rings. The van der Waals surface area contributed by atoms with E-state index in [0.717, 1.165) is 57.0 Å². The molecule has 2 saturated heterocycles. The molecule has 0 saturated carbocycles. The Kier molecular flexibility index (Phi) is 11.0. The van der Waals surface area contributed by atoms with E-state index < -0.39 is 0 Å². The number of hydrogen-bond donors (Lipinski definition) is 2. The van der Waals surface area contributed by atoms with Gasteiger partial charge in [0.05, 0.1) is 19.3 Å². The molecule has 0 bridgehead atoms. The number of amides is 1. The molecule has 8 heteroatoms. The molecule has 2 heterocycles. The number of nitrogens with one attached hydrogen (secondary N) is 2. The lowest BCUT2D eigenvalue weighted by Crippen LogP contribution is -2.53. The van der Waals surface area contributed by atoms with Crippen molar-refractivity contribution in [3.63, 3.8) is 0 Å². The van der Waals surface area contributed by atoms with Crippen molar-refractivity contribution in [2.24, 2.45) is 4.99 Å². The van der Waals surface area contributed by atoms with Crippen LogP contribution in [0.4, 0.5) is 0 Å². The molecule has 2 aliphatic rings. The van der Waals surface area contributed by atoms with Crippen LogP contribution in [0.1, 0.15) is 56.0 Å². The van der Waals surface area contributed by atoms with Gasteiger partial charge in [-0.05, 0) is 50.8 Å². The molecule has 1 aromatic carbocycles. The summed E-state index contributed by atoms with van der Waals surface area (Å²) in [5, 5.41) is 6.43. The minimum Gasteiger partial charge on any atom is -0.375 e. The highest BCUT2D eigenvalue weighted by Gasteiger charge is 2.32. The predicted molar refractivity (Wildman–Crippen MR) is 134 cm³/mol. The third-order valence-corrected chi connectivity index (χ3v) is 5.70. The zero-order valence-corrected chi connectivity index (χ0v) is 21.3. The molecule has 0 aliphatic carbocycles. The van der Waals surface area contributed by atoms with Crippen LogP contribution in [0.3, 0.4) is 0 Å². The molecule has 31 heavy (non-hydrogen) atoms. The second-order valence-electron chi connectivity index (χ2n) is 8.06. The third kappa shape index (κ3) is 7.61. The van der Waals surface area contributed by atoms with Crippen molar-refractivity contribution >= 4 is 35.8 Å². The van der Waals surface area contributed by atoms with E-state index in [2.05, 4.69) is 29.4 Å². The maximum absolute atomic E-state index is 12.4. The molecule has 0 spiro atoms. The molecule has 3 unspecified atom stereocenters. The number of benzene rings is 1. The van der Waals surface area contributed by atoms with Gasteiger partial charge in [-0.3, -0.25) is 4.79 Å². The van der Waals surface area contributed by atoms with E-state index in [1.165, 1.54) is 0 Å². The number of ether oxygens (including phenoxy) is 2. The van der Waals surface area contributed by atoms with Crippen LogP contribution >= 0.6 is 24.0 Å². The summed E-state index contributed by atoms with van der Waals surface area (Å²) in [7, 11) is 0. The topological polar surface area (TPSA) is 75.2 Å². The van der Waals surface area contributed by atoms with Crippen LogP contribution in [0.5, 0.6) is 0 Å². The van der Waals surface area contributed by atoms with Gasteiger partial charge in [-0.15, -0.1) is 24.0 Å². The molecule has 174 valence electrons. The fourth-order valence-electron chi connectivity index (χ4n) is 3.80. The molecular formula is C23H37IN4O3. The molecule has 1 aromatic rings. The number of aliphatic imine (C=N–C) groups is 1. The van der Waals surface area contributed by atoms with Crippen molar-refractivity contribution in [2.75, 3.05) is 32.8 Å². The predicted octanol–water partition coefficient (Wildman–Crippen LogP) is 3.18. The van der Waals surface area contributed by atoms with E-state index in [1.54, 1.807) is 0 Å². The van der Waals surface area contributed by atoms with E-state index in [4.69, 9.17) is 14.5 Å². The molecule has 7 nitrogen and oxygen atoms in total. The molecule has 2 N–H and O–H groups in total. The van der Waals surface area contributed by atoms with Crippen LogP contribution in [0.2, 0.25) is 0 Å². The summed E-state index contributed by atoms with van der Waals surface area (Å²) >= 11 is 0. The van der Waals surface area contributed by atoms with Gasteiger partial charge in [0.2, 0.25) is 0 Å². The molecule has 0 radical (unpaired) electrons. The summed E-state index contributed by atoms with van der Waals surface area (Å²) in [5.41, 5.74) is 1.70. The Labute approximate surface area is 203 Å². The summed E-state index contributed by atoms with van der Waals surface area (Å²) in [6.07, 6.45) is 3.38. The number of rotatable bonds is 7. The lowest BCUT2D eigenvalue weighted by atomic mass is 10.1. The van der Waals surface area contributed by atoms with Crippen LogP contribution in [0, 0.1) is 0 Å². The van der Waals surface area contributed by atoms with Gasteiger partial charge in [0.15, 0.2) is 5.96 Å². The number of morpholine rings is 1. The second kappa shape index (κ2) is 13.2. The summed E-state index contributed by atoms with van der Waals surface area (Å²) in [4.78, 5) is 19.5. The SMILES string of the molecule is CCNC(=NCc1cccc(C(=O)NC(C)CC)c1)N1CCOC(C2CCCO2)C1.I. The second-order valence-corrected chi connectivity index (χ2v) is 8.06. The highest BCUT2D eigenvalue weighted by Crippen LogP contribution is 2.21. The Morgan fingerprint density at radius 1 is 1.26 bits per heavy atom. The van der Waals surface area contributed by atoms with Gasteiger partial charge in [-0.1, -0.05) is 19.1 Å². The van der Waals surface area contributed by atoms with Crippen LogP contribution in [-0.2, 0) is 16.0 Å². The Bertz CT molecular complexity index is 725. The summed E-state index contributed by atoms with van der Waals surface area (Å²) < 4.78 is 11.8. The molecule has 2 aliphatic heterocycles. The fraction of sp³-hybridized carbons (Fsp3) is 0.652. The number of carbonyl (C=O) groups is 1. The molecule has 1 amide bonds. The van der Waals surface area contributed by atoms with Crippen LogP contribution < -0.4 is 10.6 Å². The average Bonchev–Trinajstić information content (AvgIpc) is 3.32. The molecule has 0 aromatic heterocycles. The van der Waals surface area contributed by atoms with Crippen molar-refractivity contribution in [3.8, 4) is 0 Å². The number of carbonyl (C=O) groups excluding carboxylic acids is 1. The van der Waals surface area contributed by atoms with Gasteiger partial charge in [0.1, 0.15) is 6.10 Å². The number of guanidine groups is 1. The fourth-order valence-corrected chi connectivity index (χ4v) is 3.80. The zero-order chi connectivity index (χ0) is 21.3. The third-order valence-electron chi connectivity index (χ3n) is 5.70. The highest BCUT2D eigenvalue weighted by atomic mass is 127.